The number of rotatable bonds is 7. The monoisotopic (exact) mass is 613 g/mol. The highest BCUT2D eigenvalue weighted by Gasteiger charge is 2.20. The molecule has 8 rings (SSSR count). The molecule has 1 unspecified atom stereocenters. The van der Waals surface area contributed by atoms with Gasteiger partial charge in [0.05, 0.1) is 11.4 Å². The van der Waals surface area contributed by atoms with E-state index in [0.29, 0.717) is 0 Å². The molecule has 0 heterocycles. The summed E-state index contributed by atoms with van der Waals surface area (Å²) in [6, 6.07) is 62.9. The van der Waals surface area contributed by atoms with Crippen LogP contribution in [0.4, 0.5) is 0 Å². The van der Waals surface area contributed by atoms with Gasteiger partial charge in [0.1, 0.15) is 0 Å². The van der Waals surface area contributed by atoms with Gasteiger partial charge in [-0.1, -0.05) is 177 Å². The van der Waals surface area contributed by atoms with Crippen LogP contribution in [-0.2, 0) is 0 Å². The molecule has 48 heavy (non-hydrogen) atoms. The SMILES string of the molecule is C=C(/N=C(/c1cccc(-c2c3ccccc3c(-c3ccc4ccccc4c3)c3ccccc23)c1)C(C)c1ccccc1)c1ccccc1. The molecule has 0 aliphatic carbocycles. The maximum atomic E-state index is 5.25. The van der Waals surface area contributed by atoms with E-state index in [0.717, 1.165) is 22.5 Å². The largest absolute Gasteiger partial charge is 0.252 e. The number of aliphatic imine (C=N–C) groups is 1. The number of hydrogen-bond acceptors (Lipinski definition) is 1. The molecule has 0 fully saturated rings. The molecule has 0 aliphatic heterocycles. The molecule has 0 aliphatic rings. The first-order chi connectivity index (χ1) is 23.7. The van der Waals surface area contributed by atoms with E-state index in [2.05, 4.69) is 171 Å². The van der Waals surface area contributed by atoms with Crippen LogP contribution in [0.5, 0.6) is 0 Å². The summed E-state index contributed by atoms with van der Waals surface area (Å²) in [5.41, 5.74) is 9.99. The van der Waals surface area contributed by atoms with Gasteiger partial charge in [0.2, 0.25) is 0 Å². The van der Waals surface area contributed by atoms with Crippen LogP contribution in [0.25, 0.3) is 60.3 Å². The Morgan fingerprint density at radius 2 is 0.958 bits per heavy atom. The predicted molar refractivity (Wildman–Crippen MR) is 207 cm³/mol. The van der Waals surface area contributed by atoms with Crippen LogP contribution >= 0.6 is 0 Å². The van der Waals surface area contributed by atoms with E-state index in [4.69, 9.17) is 4.99 Å². The molecule has 0 radical (unpaired) electrons. The topological polar surface area (TPSA) is 12.4 Å². The third kappa shape index (κ3) is 5.40. The van der Waals surface area contributed by atoms with E-state index in [1.165, 1.54) is 60.1 Å². The minimum Gasteiger partial charge on any atom is -0.252 e. The first kappa shape index (κ1) is 29.4. The zero-order valence-electron chi connectivity index (χ0n) is 27.0. The Bertz CT molecular complexity index is 2410. The fraction of sp³-hybridized carbons (Fsp3) is 0.0426. The zero-order chi connectivity index (χ0) is 32.5. The lowest BCUT2D eigenvalue weighted by Gasteiger charge is -2.20. The molecular weight excluding hydrogens is 579 g/mol. The van der Waals surface area contributed by atoms with Gasteiger partial charge < -0.3 is 0 Å². The van der Waals surface area contributed by atoms with Gasteiger partial charge in [0, 0.05) is 5.92 Å². The Kier molecular flexibility index (Phi) is 7.72. The van der Waals surface area contributed by atoms with E-state index in [1.807, 2.05) is 18.2 Å². The maximum absolute atomic E-state index is 5.25. The van der Waals surface area contributed by atoms with Crippen molar-refractivity contribution in [2.45, 2.75) is 12.8 Å². The number of nitrogens with zero attached hydrogens (tertiary/aromatic N) is 1. The first-order valence-electron chi connectivity index (χ1n) is 16.6. The summed E-state index contributed by atoms with van der Waals surface area (Å²) in [5, 5.41) is 7.46. The highest BCUT2D eigenvalue weighted by molar-refractivity contribution is 6.22. The van der Waals surface area contributed by atoms with Crippen molar-refractivity contribution < 1.29 is 0 Å². The van der Waals surface area contributed by atoms with Crippen molar-refractivity contribution in [2.24, 2.45) is 4.99 Å². The molecule has 0 saturated heterocycles. The summed E-state index contributed by atoms with van der Waals surface area (Å²) in [6.07, 6.45) is 0. The van der Waals surface area contributed by atoms with Gasteiger partial charge in [-0.25, -0.2) is 0 Å². The van der Waals surface area contributed by atoms with Gasteiger partial charge in [-0.15, -0.1) is 0 Å². The summed E-state index contributed by atoms with van der Waals surface area (Å²) in [7, 11) is 0. The molecule has 0 N–H and O–H groups in total. The van der Waals surface area contributed by atoms with Crippen LogP contribution < -0.4 is 0 Å². The Morgan fingerprint density at radius 1 is 0.458 bits per heavy atom. The van der Waals surface area contributed by atoms with E-state index >= 15 is 0 Å². The second-order valence-corrected chi connectivity index (χ2v) is 12.4. The van der Waals surface area contributed by atoms with Gasteiger partial charge in [-0.05, 0) is 83.4 Å². The number of fused-ring (bicyclic) bond motifs is 3. The van der Waals surface area contributed by atoms with E-state index < -0.39 is 0 Å². The molecule has 228 valence electrons. The fourth-order valence-electron chi connectivity index (χ4n) is 7.08. The van der Waals surface area contributed by atoms with Crippen LogP contribution in [0, 0.1) is 0 Å². The van der Waals surface area contributed by atoms with Crippen LogP contribution in [-0.4, -0.2) is 5.71 Å². The molecule has 8 aromatic carbocycles. The lowest BCUT2D eigenvalue weighted by molar-refractivity contribution is 1.02. The van der Waals surface area contributed by atoms with Crippen molar-refractivity contribution in [3.05, 3.63) is 199 Å². The quantitative estimate of drug-likeness (QED) is 0.125. The molecule has 1 heteroatoms. The van der Waals surface area contributed by atoms with E-state index in [1.54, 1.807) is 0 Å². The lowest BCUT2D eigenvalue weighted by atomic mass is 9.84. The molecule has 0 spiro atoms. The molecular formula is C47H35N. The van der Waals surface area contributed by atoms with Crippen molar-refractivity contribution in [2.75, 3.05) is 0 Å². The molecule has 0 saturated carbocycles. The summed E-state index contributed by atoms with van der Waals surface area (Å²) in [5.74, 6) is 0.0608. The highest BCUT2D eigenvalue weighted by Crippen LogP contribution is 2.44. The van der Waals surface area contributed by atoms with Crippen molar-refractivity contribution >= 4 is 43.7 Å². The Hall–Kier alpha value is -6.05. The Balaban J connectivity index is 1.34. The third-order valence-electron chi connectivity index (χ3n) is 9.49. The van der Waals surface area contributed by atoms with Gasteiger partial charge in [0.25, 0.3) is 0 Å². The molecule has 0 amide bonds. The summed E-state index contributed by atoms with van der Waals surface area (Å²) >= 11 is 0. The predicted octanol–water partition coefficient (Wildman–Crippen LogP) is 12.7. The summed E-state index contributed by atoms with van der Waals surface area (Å²) in [4.78, 5) is 5.25. The normalized spacial score (nSPS) is 12.4. The Morgan fingerprint density at radius 3 is 1.58 bits per heavy atom. The van der Waals surface area contributed by atoms with Gasteiger partial charge in [-0.2, -0.15) is 0 Å². The molecule has 0 aromatic heterocycles. The van der Waals surface area contributed by atoms with Crippen LogP contribution in [0.2, 0.25) is 0 Å². The average molecular weight is 614 g/mol. The fourth-order valence-corrected chi connectivity index (χ4v) is 7.08. The van der Waals surface area contributed by atoms with Crippen molar-refractivity contribution in [3.63, 3.8) is 0 Å². The zero-order valence-corrected chi connectivity index (χ0v) is 27.0. The van der Waals surface area contributed by atoms with Crippen molar-refractivity contribution in [1.29, 1.82) is 0 Å². The van der Waals surface area contributed by atoms with Crippen molar-refractivity contribution in [3.8, 4) is 22.3 Å². The van der Waals surface area contributed by atoms with Crippen LogP contribution in [0.3, 0.4) is 0 Å². The van der Waals surface area contributed by atoms with E-state index in [9.17, 15) is 0 Å². The first-order valence-corrected chi connectivity index (χ1v) is 16.6. The molecule has 1 nitrogen and oxygen atoms in total. The standard InChI is InChI=1S/C47H35N/c1-32(34-16-5-3-6-17-34)47(48-33(2)35-18-7-4-8-19-35)40-23-15-22-38(31-40)45-41-24-11-13-26-43(41)46(44-27-14-12-25-42(44)45)39-29-28-36-20-9-10-21-37(36)30-39/h3-32H,2H2,1H3/b48-47+. The maximum Gasteiger partial charge on any atom is 0.0634 e. The van der Waals surface area contributed by atoms with Crippen LogP contribution in [0.1, 0.15) is 29.5 Å². The lowest BCUT2D eigenvalue weighted by Crippen LogP contribution is -2.12. The third-order valence-corrected chi connectivity index (χ3v) is 9.49. The van der Waals surface area contributed by atoms with Gasteiger partial charge >= 0.3 is 0 Å². The molecule has 0 bridgehead atoms. The van der Waals surface area contributed by atoms with Gasteiger partial charge in [0.15, 0.2) is 0 Å². The summed E-state index contributed by atoms with van der Waals surface area (Å²) < 4.78 is 0. The second kappa shape index (κ2) is 12.6. The average Bonchev–Trinajstić information content (AvgIpc) is 3.16. The smallest absolute Gasteiger partial charge is 0.0634 e. The minimum absolute atomic E-state index is 0.0608. The number of benzene rings is 8. The van der Waals surface area contributed by atoms with Gasteiger partial charge in [-0.3, -0.25) is 4.99 Å². The van der Waals surface area contributed by atoms with Crippen molar-refractivity contribution in [1.82, 2.24) is 0 Å². The number of hydrogen-bond donors (Lipinski definition) is 0. The molecule has 8 aromatic rings. The summed E-state index contributed by atoms with van der Waals surface area (Å²) in [6.45, 7) is 6.64. The minimum atomic E-state index is 0.0608. The van der Waals surface area contributed by atoms with Crippen LogP contribution in [0.15, 0.2) is 187 Å². The van der Waals surface area contributed by atoms with E-state index in [-0.39, 0.29) is 5.92 Å². The Labute approximate surface area is 282 Å². The molecule has 1 atom stereocenters. The highest BCUT2D eigenvalue weighted by atomic mass is 14.8. The second-order valence-electron chi connectivity index (χ2n) is 12.4.